The Kier molecular flexibility index (Phi) is 4.92. The van der Waals surface area contributed by atoms with Gasteiger partial charge in [0.15, 0.2) is 0 Å². The number of nitro groups is 1. The minimum absolute atomic E-state index is 0.0383. The normalized spacial score (nSPS) is 13.9. The zero-order valence-corrected chi connectivity index (χ0v) is 15.3. The van der Waals surface area contributed by atoms with Gasteiger partial charge in [0.05, 0.1) is 4.92 Å². The van der Waals surface area contributed by atoms with Crippen molar-refractivity contribution in [2.24, 2.45) is 0 Å². The highest BCUT2D eigenvalue weighted by molar-refractivity contribution is 5.91. The molecule has 3 rings (SSSR count). The van der Waals surface area contributed by atoms with Crippen LogP contribution in [0, 0.1) is 30.9 Å². The summed E-state index contributed by atoms with van der Waals surface area (Å²) in [5.74, 6) is -0.265. The lowest BCUT2D eigenvalue weighted by Gasteiger charge is -2.20. The molecule has 0 aliphatic carbocycles. The van der Waals surface area contributed by atoms with Crippen molar-refractivity contribution in [2.45, 2.75) is 40.2 Å². The number of aryl methyl sites for hydroxylation is 2. The molecular weight excluding hydrogens is 334 g/mol. The molecule has 8 nitrogen and oxygen atoms in total. The SMILES string of the molecule is Cc1cc(NC(=O)Cn2nc(C)c([N+](=O)[O-])c2C)ccc1N1CCCC1. The molecular formula is C18H23N5O3. The van der Waals surface area contributed by atoms with Gasteiger partial charge in [0.1, 0.15) is 17.9 Å². The number of carbonyl (C=O) groups is 1. The van der Waals surface area contributed by atoms with E-state index in [1.54, 1.807) is 13.8 Å². The maximum Gasteiger partial charge on any atom is 0.312 e. The fourth-order valence-electron chi connectivity index (χ4n) is 3.49. The first-order valence-electron chi connectivity index (χ1n) is 8.70. The molecule has 1 fully saturated rings. The third-order valence-electron chi connectivity index (χ3n) is 4.75. The first-order chi connectivity index (χ1) is 12.4. The molecule has 0 unspecified atom stereocenters. The summed E-state index contributed by atoms with van der Waals surface area (Å²) in [5, 5.41) is 18.0. The van der Waals surface area contributed by atoms with Gasteiger partial charge in [-0.1, -0.05) is 0 Å². The molecule has 8 heteroatoms. The number of rotatable bonds is 5. The van der Waals surface area contributed by atoms with Crippen LogP contribution in [0.25, 0.3) is 0 Å². The Morgan fingerprint density at radius 2 is 1.96 bits per heavy atom. The molecule has 1 aliphatic heterocycles. The van der Waals surface area contributed by atoms with Crippen LogP contribution in [-0.2, 0) is 11.3 Å². The summed E-state index contributed by atoms with van der Waals surface area (Å²) in [7, 11) is 0. The number of nitrogens with zero attached hydrogens (tertiary/aromatic N) is 4. The number of hydrogen-bond acceptors (Lipinski definition) is 5. The zero-order chi connectivity index (χ0) is 18.8. The average molecular weight is 357 g/mol. The number of nitrogens with one attached hydrogen (secondary N) is 1. The second-order valence-electron chi connectivity index (χ2n) is 6.68. The Morgan fingerprint density at radius 3 is 2.54 bits per heavy atom. The molecule has 1 aromatic carbocycles. The molecule has 0 spiro atoms. The summed E-state index contributed by atoms with van der Waals surface area (Å²) in [4.78, 5) is 25.3. The van der Waals surface area contributed by atoms with E-state index in [-0.39, 0.29) is 18.1 Å². The van der Waals surface area contributed by atoms with E-state index in [0.717, 1.165) is 18.7 Å². The van der Waals surface area contributed by atoms with E-state index in [1.807, 2.05) is 25.1 Å². The van der Waals surface area contributed by atoms with E-state index in [0.29, 0.717) is 17.1 Å². The molecule has 1 N–H and O–H groups in total. The number of aromatic nitrogens is 2. The van der Waals surface area contributed by atoms with Gasteiger partial charge >= 0.3 is 5.69 Å². The van der Waals surface area contributed by atoms with Gasteiger partial charge in [-0.25, -0.2) is 0 Å². The van der Waals surface area contributed by atoms with Gasteiger partial charge in [0.2, 0.25) is 5.91 Å². The predicted octanol–water partition coefficient (Wildman–Crippen LogP) is 2.96. The van der Waals surface area contributed by atoms with Gasteiger partial charge in [-0.15, -0.1) is 0 Å². The quantitative estimate of drug-likeness (QED) is 0.656. The van der Waals surface area contributed by atoms with Crippen molar-refractivity contribution in [1.82, 2.24) is 9.78 Å². The van der Waals surface area contributed by atoms with Crippen LogP contribution in [0.3, 0.4) is 0 Å². The number of anilines is 2. The first-order valence-corrected chi connectivity index (χ1v) is 8.70. The fourth-order valence-corrected chi connectivity index (χ4v) is 3.49. The maximum absolute atomic E-state index is 12.3. The van der Waals surface area contributed by atoms with Crippen LogP contribution in [0.1, 0.15) is 29.8 Å². The summed E-state index contributed by atoms with van der Waals surface area (Å²) < 4.78 is 1.37. The van der Waals surface area contributed by atoms with E-state index < -0.39 is 4.92 Å². The molecule has 0 radical (unpaired) electrons. The molecule has 1 aliphatic rings. The van der Waals surface area contributed by atoms with Crippen LogP contribution < -0.4 is 10.2 Å². The molecule has 2 heterocycles. The van der Waals surface area contributed by atoms with Crippen molar-refractivity contribution in [1.29, 1.82) is 0 Å². The lowest BCUT2D eigenvalue weighted by molar-refractivity contribution is -0.386. The van der Waals surface area contributed by atoms with E-state index in [2.05, 4.69) is 15.3 Å². The van der Waals surface area contributed by atoms with Gasteiger partial charge in [0, 0.05) is 24.5 Å². The van der Waals surface area contributed by atoms with Crippen molar-refractivity contribution in [3.05, 3.63) is 45.3 Å². The number of carbonyl (C=O) groups excluding carboxylic acids is 1. The Morgan fingerprint density at radius 1 is 1.27 bits per heavy atom. The van der Waals surface area contributed by atoms with Crippen molar-refractivity contribution in [3.8, 4) is 0 Å². The molecule has 0 atom stereocenters. The minimum atomic E-state index is -0.466. The largest absolute Gasteiger partial charge is 0.371 e. The lowest BCUT2D eigenvalue weighted by Crippen LogP contribution is -2.21. The van der Waals surface area contributed by atoms with Crippen LogP contribution in [0.5, 0.6) is 0 Å². The molecule has 26 heavy (non-hydrogen) atoms. The predicted molar refractivity (Wildman–Crippen MR) is 99.6 cm³/mol. The van der Waals surface area contributed by atoms with Gasteiger partial charge in [-0.3, -0.25) is 19.6 Å². The second-order valence-corrected chi connectivity index (χ2v) is 6.68. The monoisotopic (exact) mass is 357 g/mol. The van der Waals surface area contributed by atoms with Crippen molar-refractivity contribution in [2.75, 3.05) is 23.3 Å². The lowest BCUT2D eigenvalue weighted by atomic mass is 10.1. The number of benzene rings is 1. The topological polar surface area (TPSA) is 93.3 Å². The minimum Gasteiger partial charge on any atom is -0.371 e. The summed E-state index contributed by atoms with van der Waals surface area (Å²) in [5.41, 5.74) is 3.69. The molecule has 1 aromatic heterocycles. The number of amides is 1. The van der Waals surface area contributed by atoms with Gasteiger partial charge in [-0.2, -0.15) is 5.10 Å². The average Bonchev–Trinajstić information content (AvgIpc) is 3.16. The molecule has 0 bridgehead atoms. The summed E-state index contributed by atoms with van der Waals surface area (Å²) in [6, 6.07) is 5.88. The van der Waals surface area contributed by atoms with Crippen molar-refractivity contribution in [3.63, 3.8) is 0 Å². The first kappa shape index (κ1) is 17.9. The third kappa shape index (κ3) is 3.54. The van der Waals surface area contributed by atoms with Crippen molar-refractivity contribution < 1.29 is 9.72 Å². The van der Waals surface area contributed by atoms with Gasteiger partial charge in [-0.05, 0) is 57.4 Å². The molecule has 0 saturated carbocycles. The van der Waals surface area contributed by atoms with Crippen molar-refractivity contribution >= 4 is 23.0 Å². The van der Waals surface area contributed by atoms with Gasteiger partial charge < -0.3 is 10.2 Å². The molecule has 138 valence electrons. The molecule has 1 amide bonds. The Bertz CT molecular complexity index is 853. The molecule has 1 saturated heterocycles. The summed E-state index contributed by atoms with van der Waals surface area (Å²) in [6.07, 6.45) is 2.43. The van der Waals surface area contributed by atoms with E-state index in [1.165, 1.54) is 23.2 Å². The Balaban J connectivity index is 1.70. The Hall–Kier alpha value is -2.90. The van der Waals surface area contributed by atoms with E-state index in [9.17, 15) is 14.9 Å². The molecule has 2 aromatic rings. The smallest absolute Gasteiger partial charge is 0.312 e. The standard InChI is InChI=1S/C18H23N5O3/c1-12-10-15(6-7-16(12)21-8-4-5-9-21)19-17(24)11-22-14(3)18(23(25)26)13(2)20-22/h6-7,10H,4-5,8-9,11H2,1-3H3,(H,19,24). The van der Waals surface area contributed by atoms with Gasteiger partial charge in [0.25, 0.3) is 0 Å². The second kappa shape index (κ2) is 7.15. The van der Waals surface area contributed by atoms with E-state index >= 15 is 0 Å². The highest BCUT2D eigenvalue weighted by atomic mass is 16.6. The van der Waals surface area contributed by atoms with Crippen LogP contribution >= 0.6 is 0 Å². The maximum atomic E-state index is 12.3. The van der Waals surface area contributed by atoms with Crippen LogP contribution in [0.2, 0.25) is 0 Å². The fraction of sp³-hybridized carbons (Fsp3) is 0.444. The Labute approximate surface area is 151 Å². The van der Waals surface area contributed by atoms with Crippen LogP contribution in [-0.4, -0.2) is 33.7 Å². The van der Waals surface area contributed by atoms with E-state index in [4.69, 9.17) is 0 Å². The van der Waals surface area contributed by atoms with Crippen LogP contribution in [0.15, 0.2) is 18.2 Å². The highest BCUT2D eigenvalue weighted by Gasteiger charge is 2.23. The zero-order valence-electron chi connectivity index (χ0n) is 15.3. The summed E-state index contributed by atoms with van der Waals surface area (Å²) in [6.45, 7) is 7.29. The summed E-state index contributed by atoms with van der Waals surface area (Å²) >= 11 is 0. The van der Waals surface area contributed by atoms with Crippen LogP contribution in [0.4, 0.5) is 17.1 Å². The highest BCUT2D eigenvalue weighted by Crippen LogP contribution is 2.27. The third-order valence-corrected chi connectivity index (χ3v) is 4.75. The number of hydrogen-bond donors (Lipinski definition) is 1.